The molecule has 0 aliphatic carbocycles. The summed E-state index contributed by atoms with van der Waals surface area (Å²) < 4.78 is 29.0. The molecule has 1 saturated heterocycles. The zero-order valence-electron chi connectivity index (χ0n) is 14.4. The normalized spacial score (nSPS) is 15.7. The first-order valence-electron chi connectivity index (χ1n) is 8.42. The number of hydrogen-bond donors (Lipinski definition) is 1. The summed E-state index contributed by atoms with van der Waals surface area (Å²) in [6.45, 7) is 3.43. The highest BCUT2D eigenvalue weighted by molar-refractivity contribution is 9.10. The van der Waals surface area contributed by atoms with Crippen molar-refractivity contribution < 1.29 is 8.42 Å². The quantitative estimate of drug-likeness (QED) is 0.799. The zero-order valence-corrected chi connectivity index (χ0v) is 16.8. The Hall–Kier alpha value is -1.88. The molecule has 26 heavy (non-hydrogen) atoms. The van der Waals surface area contributed by atoms with E-state index in [-0.39, 0.29) is 6.04 Å². The van der Waals surface area contributed by atoms with Gasteiger partial charge in [0, 0.05) is 29.3 Å². The maximum atomic E-state index is 12.6. The lowest BCUT2D eigenvalue weighted by molar-refractivity contribution is 0.460. The maximum Gasteiger partial charge on any atom is 0.240 e. The summed E-state index contributed by atoms with van der Waals surface area (Å²) in [5.74, 6) is 0. The minimum Gasteiger partial charge on any atom is -0.371 e. The van der Waals surface area contributed by atoms with Crippen molar-refractivity contribution in [3.63, 3.8) is 0 Å². The minimum absolute atomic E-state index is 0.0708. The van der Waals surface area contributed by atoms with E-state index >= 15 is 0 Å². The summed E-state index contributed by atoms with van der Waals surface area (Å²) in [6, 6.07) is 14.6. The SMILES string of the molecule is Cc1cc(S(=O)(=O)NC2CCN(c3ccc(C#N)cc3)CC2)ccc1Br. The van der Waals surface area contributed by atoms with Gasteiger partial charge in [0.15, 0.2) is 0 Å². The van der Waals surface area contributed by atoms with Crippen LogP contribution in [-0.2, 0) is 10.0 Å². The molecule has 0 aromatic heterocycles. The molecule has 0 amide bonds. The molecular weight excluding hydrogens is 414 g/mol. The van der Waals surface area contributed by atoms with Crippen molar-refractivity contribution in [1.29, 1.82) is 5.26 Å². The third-order valence-electron chi connectivity index (χ3n) is 4.62. The van der Waals surface area contributed by atoms with Gasteiger partial charge in [-0.15, -0.1) is 0 Å². The molecule has 3 rings (SSSR count). The fourth-order valence-electron chi connectivity index (χ4n) is 3.07. The van der Waals surface area contributed by atoms with Crippen LogP contribution in [0.3, 0.4) is 0 Å². The van der Waals surface area contributed by atoms with Gasteiger partial charge in [0.25, 0.3) is 0 Å². The molecule has 1 aliphatic heterocycles. The summed E-state index contributed by atoms with van der Waals surface area (Å²) in [7, 11) is -3.52. The molecule has 0 unspecified atom stereocenters. The summed E-state index contributed by atoms with van der Waals surface area (Å²) >= 11 is 3.39. The first-order valence-corrected chi connectivity index (χ1v) is 10.7. The van der Waals surface area contributed by atoms with Crippen LogP contribution < -0.4 is 9.62 Å². The third kappa shape index (κ3) is 4.26. The number of piperidine rings is 1. The highest BCUT2D eigenvalue weighted by atomic mass is 79.9. The molecule has 0 radical (unpaired) electrons. The average molecular weight is 434 g/mol. The second-order valence-corrected chi connectivity index (χ2v) is 9.02. The maximum absolute atomic E-state index is 12.6. The van der Waals surface area contributed by atoms with Gasteiger partial charge in [-0.05, 0) is 67.8 Å². The van der Waals surface area contributed by atoms with Crippen LogP contribution in [0.2, 0.25) is 0 Å². The van der Waals surface area contributed by atoms with Crippen molar-refractivity contribution in [1.82, 2.24) is 4.72 Å². The van der Waals surface area contributed by atoms with E-state index in [1.165, 1.54) is 0 Å². The lowest BCUT2D eigenvalue weighted by Gasteiger charge is -2.33. The predicted molar refractivity (Wildman–Crippen MR) is 106 cm³/mol. The molecule has 1 fully saturated rings. The van der Waals surface area contributed by atoms with E-state index in [0.717, 1.165) is 41.7 Å². The van der Waals surface area contributed by atoms with Crippen LogP contribution in [0.25, 0.3) is 0 Å². The molecular formula is C19H20BrN3O2S. The predicted octanol–water partition coefficient (Wildman–Crippen LogP) is 3.58. The van der Waals surface area contributed by atoms with Crippen LogP contribution in [0.15, 0.2) is 51.8 Å². The molecule has 136 valence electrons. The number of halogens is 1. The molecule has 0 spiro atoms. The molecule has 1 N–H and O–H groups in total. The van der Waals surface area contributed by atoms with Gasteiger partial charge >= 0.3 is 0 Å². The van der Waals surface area contributed by atoms with Crippen LogP contribution in [0.1, 0.15) is 24.0 Å². The molecule has 0 bridgehead atoms. The first kappa shape index (κ1) is 18.9. The number of nitriles is 1. The number of rotatable bonds is 4. The Labute approximate surface area is 162 Å². The Morgan fingerprint density at radius 3 is 2.38 bits per heavy atom. The minimum atomic E-state index is -3.52. The van der Waals surface area contributed by atoms with E-state index < -0.39 is 10.0 Å². The number of benzene rings is 2. The highest BCUT2D eigenvalue weighted by Crippen LogP contribution is 2.23. The number of anilines is 1. The number of aryl methyl sites for hydroxylation is 1. The second-order valence-electron chi connectivity index (χ2n) is 6.45. The topological polar surface area (TPSA) is 73.2 Å². The van der Waals surface area contributed by atoms with Gasteiger partial charge < -0.3 is 4.90 Å². The lowest BCUT2D eigenvalue weighted by Crippen LogP contribution is -2.44. The number of sulfonamides is 1. The molecule has 0 saturated carbocycles. The number of nitrogens with one attached hydrogen (secondary N) is 1. The standard InChI is InChI=1S/C19H20BrN3O2S/c1-14-12-18(6-7-19(14)20)26(24,25)22-16-8-10-23(11-9-16)17-4-2-15(13-21)3-5-17/h2-7,12,16,22H,8-11H2,1H3. The van der Waals surface area contributed by atoms with E-state index in [0.29, 0.717) is 10.5 Å². The largest absolute Gasteiger partial charge is 0.371 e. The number of nitrogens with zero attached hydrogens (tertiary/aromatic N) is 2. The molecule has 2 aromatic carbocycles. The summed E-state index contributed by atoms with van der Waals surface area (Å²) in [6.07, 6.45) is 1.49. The van der Waals surface area contributed by atoms with Gasteiger partial charge in [-0.1, -0.05) is 15.9 Å². The van der Waals surface area contributed by atoms with Crippen LogP contribution in [0.5, 0.6) is 0 Å². The smallest absolute Gasteiger partial charge is 0.240 e. The van der Waals surface area contributed by atoms with E-state index in [1.807, 2.05) is 19.1 Å². The van der Waals surface area contributed by atoms with Gasteiger partial charge in [0.05, 0.1) is 16.5 Å². The van der Waals surface area contributed by atoms with Gasteiger partial charge in [-0.3, -0.25) is 0 Å². The first-order chi connectivity index (χ1) is 12.4. The molecule has 2 aromatic rings. The molecule has 5 nitrogen and oxygen atoms in total. The fourth-order valence-corrected chi connectivity index (χ4v) is 4.71. The van der Waals surface area contributed by atoms with E-state index in [4.69, 9.17) is 5.26 Å². The van der Waals surface area contributed by atoms with Gasteiger partial charge in [-0.25, -0.2) is 13.1 Å². The van der Waals surface area contributed by atoms with Gasteiger partial charge in [0.2, 0.25) is 10.0 Å². The summed E-state index contributed by atoms with van der Waals surface area (Å²) in [5, 5.41) is 8.88. The zero-order chi connectivity index (χ0) is 18.7. The summed E-state index contributed by atoms with van der Waals surface area (Å²) in [4.78, 5) is 2.52. The van der Waals surface area contributed by atoms with E-state index in [2.05, 4.69) is 31.6 Å². The lowest BCUT2D eigenvalue weighted by atomic mass is 10.1. The monoisotopic (exact) mass is 433 g/mol. The Bertz CT molecular complexity index is 928. The fraction of sp³-hybridized carbons (Fsp3) is 0.316. The van der Waals surface area contributed by atoms with Crippen LogP contribution >= 0.6 is 15.9 Å². The van der Waals surface area contributed by atoms with Crippen molar-refractivity contribution in [2.24, 2.45) is 0 Å². The van der Waals surface area contributed by atoms with Crippen LogP contribution in [0, 0.1) is 18.3 Å². The Morgan fingerprint density at radius 1 is 1.15 bits per heavy atom. The Kier molecular flexibility index (Phi) is 5.66. The van der Waals surface area contributed by atoms with Crippen LogP contribution in [-0.4, -0.2) is 27.5 Å². The van der Waals surface area contributed by atoms with Crippen molar-refractivity contribution in [3.8, 4) is 6.07 Å². The number of hydrogen-bond acceptors (Lipinski definition) is 4. The van der Waals surface area contributed by atoms with Crippen molar-refractivity contribution in [3.05, 3.63) is 58.1 Å². The van der Waals surface area contributed by atoms with E-state index in [9.17, 15) is 8.42 Å². The van der Waals surface area contributed by atoms with Crippen molar-refractivity contribution >= 4 is 31.6 Å². The molecule has 0 atom stereocenters. The average Bonchev–Trinajstić information content (AvgIpc) is 2.64. The van der Waals surface area contributed by atoms with Gasteiger partial charge in [-0.2, -0.15) is 5.26 Å². The van der Waals surface area contributed by atoms with Crippen molar-refractivity contribution in [2.45, 2.75) is 30.7 Å². The molecule has 1 heterocycles. The van der Waals surface area contributed by atoms with Crippen LogP contribution in [0.4, 0.5) is 5.69 Å². The second kappa shape index (κ2) is 7.78. The Morgan fingerprint density at radius 2 is 1.81 bits per heavy atom. The molecule has 1 aliphatic rings. The van der Waals surface area contributed by atoms with E-state index in [1.54, 1.807) is 30.3 Å². The highest BCUT2D eigenvalue weighted by Gasteiger charge is 2.25. The van der Waals surface area contributed by atoms with Gasteiger partial charge in [0.1, 0.15) is 0 Å². The van der Waals surface area contributed by atoms with Crippen molar-refractivity contribution in [2.75, 3.05) is 18.0 Å². The third-order valence-corrected chi connectivity index (χ3v) is 7.03. The Balaban J connectivity index is 1.62. The summed E-state index contributed by atoms with van der Waals surface area (Å²) in [5.41, 5.74) is 2.60. The molecule has 7 heteroatoms.